The van der Waals surface area contributed by atoms with Crippen molar-refractivity contribution >= 4 is 27.7 Å². The first-order valence-corrected chi connectivity index (χ1v) is 10.3. The molecule has 146 valence electrons. The van der Waals surface area contributed by atoms with Crippen molar-refractivity contribution < 1.29 is 22.3 Å². The summed E-state index contributed by atoms with van der Waals surface area (Å²) in [5.74, 6) is -0.674. The second-order valence-electron chi connectivity index (χ2n) is 7.22. The van der Waals surface area contributed by atoms with Crippen LogP contribution in [0.25, 0.3) is 0 Å². The summed E-state index contributed by atoms with van der Waals surface area (Å²) < 4.78 is 45.8. The molecule has 2 rings (SSSR count). The number of rotatable bonds is 4. The van der Waals surface area contributed by atoms with Crippen molar-refractivity contribution in [3.05, 3.63) is 29.0 Å². The molecule has 1 saturated heterocycles. The molecule has 1 heterocycles. The Bertz CT molecular complexity index is 765. The molecule has 9 heteroatoms. The Morgan fingerprint density at radius 1 is 1.38 bits per heavy atom. The van der Waals surface area contributed by atoms with Gasteiger partial charge in [-0.25, -0.2) is 17.6 Å². The lowest BCUT2D eigenvalue weighted by Gasteiger charge is -2.35. The first-order chi connectivity index (χ1) is 12.0. The number of benzene rings is 1. The van der Waals surface area contributed by atoms with Crippen molar-refractivity contribution in [2.45, 2.75) is 56.6 Å². The number of halogens is 2. The zero-order chi connectivity index (χ0) is 19.5. The average molecular weight is 407 g/mol. The number of nitrogens with one attached hydrogen (secondary N) is 1. The Hall–Kier alpha value is -1.38. The number of nitrogens with zero attached hydrogens (tertiary/aromatic N) is 1. The van der Waals surface area contributed by atoms with Gasteiger partial charge in [-0.1, -0.05) is 18.0 Å². The molecule has 1 aliphatic heterocycles. The molecule has 0 aliphatic carbocycles. The predicted octanol–water partition coefficient (Wildman–Crippen LogP) is 3.55. The van der Waals surface area contributed by atoms with Gasteiger partial charge in [0.15, 0.2) is 0 Å². The van der Waals surface area contributed by atoms with Crippen molar-refractivity contribution in [2.24, 2.45) is 0 Å². The third-order valence-corrected chi connectivity index (χ3v) is 6.19. The van der Waals surface area contributed by atoms with Gasteiger partial charge in [0, 0.05) is 19.1 Å². The third-order valence-electron chi connectivity index (χ3n) is 3.95. The molecule has 0 radical (unpaired) electrons. The minimum atomic E-state index is -3.84. The van der Waals surface area contributed by atoms with Crippen molar-refractivity contribution in [3.8, 4) is 0 Å². The molecular weight excluding hydrogens is 383 g/mol. The van der Waals surface area contributed by atoms with Crippen LogP contribution in [0.3, 0.4) is 0 Å². The van der Waals surface area contributed by atoms with Crippen LogP contribution in [0.4, 0.5) is 9.18 Å². The standard InChI is InChI=1S/C17H24ClFN2O4S/c1-17(2,3)25-16(22)20-11-12-6-4-5-9-21(12)26(23,24)13-7-8-15(19)14(18)10-13/h7-8,10,12H,4-6,9,11H2,1-3H3,(H,20,22). The van der Waals surface area contributed by atoms with Crippen LogP contribution >= 0.6 is 11.6 Å². The van der Waals surface area contributed by atoms with Gasteiger partial charge in [0.1, 0.15) is 11.4 Å². The number of carbonyl (C=O) groups is 1. The van der Waals surface area contributed by atoms with Crippen LogP contribution in [-0.2, 0) is 14.8 Å². The Morgan fingerprint density at radius 3 is 2.69 bits per heavy atom. The van der Waals surface area contributed by atoms with Gasteiger partial charge in [0.25, 0.3) is 0 Å². The highest BCUT2D eigenvalue weighted by Gasteiger charge is 2.34. The van der Waals surface area contributed by atoms with E-state index in [1.807, 2.05) is 0 Å². The van der Waals surface area contributed by atoms with E-state index in [9.17, 15) is 17.6 Å². The van der Waals surface area contributed by atoms with E-state index in [4.69, 9.17) is 16.3 Å². The minimum Gasteiger partial charge on any atom is -0.444 e. The summed E-state index contributed by atoms with van der Waals surface area (Å²) in [4.78, 5) is 11.8. The quantitative estimate of drug-likeness (QED) is 0.829. The second kappa shape index (κ2) is 8.10. The molecule has 26 heavy (non-hydrogen) atoms. The average Bonchev–Trinajstić information content (AvgIpc) is 2.54. The lowest BCUT2D eigenvalue weighted by molar-refractivity contribution is 0.0512. The number of alkyl carbamates (subject to hydrolysis) is 1. The monoisotopic (exact) mass is 406 g/mol. The fourth-order valence-corrected chi connectivity index (χ4v) is 4.75. The molecule has 1 aromatic rings. The molecule has 6 nitrogen and oxygen atoms in total. The van der Waals surface area contributed by atoms with Crippen LogP contribution in [0.15, 0.2) is 23.1 Å². The van der Waals surface area contributed by atoms with Gasteiger partial charge in [0.05, 0.1) is 9.92 Å². The fourth-order valence-electron chi connectivity index (χ4n) is 2.78. The molecule has 1 unspecified atom stereocenters. The summed E-state index contributed by atoms with van der Waals surface area (Å²) in [5.41, 5.74) is -0.632. The molecule has 1 aliphatic rings. The molecule has 0 bridgehead atoms. The van der Waals surface area contributed by atoms with Gasteiger partial charge in [-0.2, -0.15) is 4.31 Å². The van der Waals surface area contributed by atoms with Crippen LogP contribution < -0.4 is 5.32 Å². The van der Waals surface area contributed by atoms with E-state index in [1.54, 1.807) is 20.8 Å². The number of ether oxygens (including phenoxy) is 1. The zero-order valence-corrected chi connectivity index (χ0v) is 16.7. The predicted molar refractivity (Wildman–Crippen MR) is 97.2 cm³/mol. The van der Waals surface area contributed by atoms with Crippen molar-refractivity contribution in [1.29, 1.82) is 0 Å². The van der Waals surface area contributed by atoms with E-state index >= 15 is 0 Å². The normalized spacial score (nSPS) is 19.2. The van der Waals surface area contributed by atoms with Crippen LogP contribution in [0, 0.1) is 5.82 Å². The van der Waals surface area contributed by atoms with Crippen LogP contribution in [0.5, 0.6) is 0 Å². The summed E-state index contributed by atoms with van der Waals surface area (Å²) in [5, 5.41) is 2.39. The molecule has 1 fully saturated rings. The molecule has 1 atom stereocenters. The highest BCUT2D eigenvalue weighted by atomic mass is 35.5. The molecule has 1 amide bonds. The Labute approximate surface area is 158 Å². The lowest BCUT2D eigenvalue weighted by atomic mass is 10.1. The Morgan fingerprint density at radius 2 is 2.08 bits per heavy atom. The summed E-state index contributed by atoms with van der Waals surface area (Å²) in [7, 11) is -3.84. The van der Waals surface area contributed by atoms with E-state index in [-0.39, 0.29) is 16.5 Å². The number of sulfonamides is 1. The van der Waals surface area contributed by atoms with Gasteiger partial charge >= 0.3 is 6.09 Å². The van der Waals surface area contributed by atoms with Gasteiger partial charge < -0.3 is 10.1 Å². The summed E-state index contributed by atoms with van der Waals surface area (Å²) in [6, 6.07) is 2.95. The van der Waals surface area contributed by atoms with E-state index in [0.717, 1.165) is 25.0 Å². The van der Waals surface area contributed by atoms with Crippen LogP contribution in [0.2, 0.25) is 5.02 Å². The number of hydrogen-bond donors (Lipinski definition) is 1. The summed E-state index contributed by atoms with van der Waals surface area (Å²) in [6.07, 6.45) is 1.60. The third kappa shape index (κ3) is 5.31. The van der Waals surface area contributed by atoms with Crippen molar-refractivity contribution in [1.82, 2.24) is 9.62 Å². The van der Waals surface area contributed by atoms with Gasteiger partial charge in [-0.15, -0.1) is 0 Å². The van der Waals surface area contributed by atoms with E-state index < -0.39 is 33.6 Å². The maximum absolute atomic E-state index is 13.3. The van der Waals surface area contributed by atoms with E-state index in [1.165, 1.54) is 10.4 Å². The van der Waals surface area contributed by atoms with Gasteiger partial charge in [-0.3, -0.25) is 0 Å². The number of piperidine rings is 1. The van der Waals surface area contributed by atoms with Gasteiger partial charge in [-0.05, 0) is 51.8 Å². The lowest BCUT2D eigenvalue weighted by Crippen LogP contribution is -2.49. The second-order valence-corrected chi connectivity index (χ2v) is 9.52. The molecular formula is C17H24ClFN2O4S. The highest BCUT2D eigenvalue weighted by molar-refractivity contribution is 7.89. The van der Waals surface area contributed by atoms with Crippen molar-refractivity contribution in [3.63, 3.8) is 0 Å². The molecule has 1 N–H and O–H groups in total. The Kier molecular flexibility index (Phi) is 6.52. The topological polar surface area (TPSA) is 75.7 Å². The van der Waals surface area contributed by atoms with Crippen LogP contribution in [0.1, 0.15) is 40.0 Å². The fraction of sp³-hybridized carbons (Fsp3) is 0.588. The minimum absolute atomic E-state index is 0.0620. The highest BCUT2D eigenvalue weighted by Crippen LogP contribution is 2.27. The first kappa shape index (κ1) is 20.9. The molecule has 0 spiro atoms. The van der Waals surface area contributed by atoms with E-state index in [0.29, 0.717) is 13.0 Å². The molecule has 1 aromatic carbocycles. The maximum atomic E-state index is 13.3. The van der Waals surface area contributed by atoms with E-state index in [2.05, 4.69) is 5.32 Å². The summed E-state index contributed by atoms with van der Waals surface area (Å²) >= 11 is 5.73. The van der Waals surface area contributed by atoms with Crippen LogP contribution in [-0.4, -0.2) is 43.5 Å². The van der Waals surface area contributed by atoms with Gasteiger partial charge in [0.2, 0.25) is 10.0 Å². The Balaban J connectivity index is 2.14. The molecule has 0 aromatic heterocycles. The largest absolute Gasteiger partial charge is 0.444 e. The zero-order valence-electron chi connectivity index (χ0n) is 15.1. The number of hydrogen-bond acceptors (Lipinski definition) is 4. The maximum Gasteiger partial charge on any atom is 0.407 e. The summed E-state index contributed by atoms with van der Waals surface area (Å²) in [6.45, 7) is 5.73. The SMILES string of the molecule is CC(C)(C)OC(=O)NCC1CCCCN1S(=O)(=O)c1ccc(F)c(Cl)c1. The smallest absolute Gasteiger partial charge is 0.407 e. The first-order valence-electron chi connectivity index (χ1n) is 8.44. The van der Waals surface area contributed by atoms with Crippen molar-refractivity contribution in [2.75, 3.05) is 13.1 Å². The molecule has 0 saturated carbocycles. The number of amides is 1. The number of carbonyl (C=O) groups excluding carboxylic acids is 1.